The molecule has 12 heteroatoms. The molecule has 3 amide bonds. The molecular weight excluding hydrogens is 524 g/mol. The molecule has 0 fully saturated rings. The molecule has 2 aromatic rings. The van der Waals surface area contributed by atoms with E-state index in [0.717, 1.165) is 5.56 Å². The summed E-state index contributed by atoms with van der Waals surface area (Å²) in [5, 5.41) is 26.3. The summed E-state index contributed by atoms with van der Waals surface area (Å²) in [6.45, 7) is 0. The van der Waals surface area contributed by atoms with E-state index in [1.807, 2.05) is 6.26 Å². The van der Waals surface area contributed by atoms with Gasteiger partial charge in [0.05, 0.1) is 12.5 Å². The number of aliphatic carboxylic acids is 2. The number of amides is 3. The largest absolute Gasteiger partial charge is 0.481 e. The van der Waals surface area contributed by atoms with Crippen LogP contribution in [0.15, 0.2) is 60.7 Å². The molecule has 0 aliphatic carbocycles. The Morgan fingerprint density at radius 3 is 1.69 bits per heavy atom. The molecule has 4 unspecified atom stereocenters. The molecule has 0 heterocycles. The number of carbonyl (C=O) groups excluding carboxylic acids is 3. The zero-order valence-electron chi connectivity index (χ0n) is 21.5. The highest BCUT2D eigenvalue weighted by Crippen LogP contribution is 2.09. The molecule has 39 heavy (non-hydrogen) atoms. The second-order valence-electron chi connectivity index (χ2n) is 8.89. The van der Waals surface area contributed by atoms with Crippen LogP contribution in [0.2, 0.25) is 0 Å². The van der Waals surface area contributed by atoms with Gasteiger partial charge in [-0.15, -0.1) is 0 Å². The van der Waals surface area contributed by atoms with Crippen molar-refractivity contribution >= 4 is 41.4 Å². The monoisotopic (exact) mass is 558 g/mol. The zero-order chi connectivity index (χ0) is 28.8. The molecule has 4 atom stereocenters. The maximum absolute atomic E-state index is 13.3. The van der Waals surface area contributed by atoms with Crippen LogP contribution in [0.5, 0.6) is 0 Å². The Bertz CT molecular complexity index is 1120. The minimum atomic E-state index is -1.38. The number of carboxylic acids is 2. The molecule has 0 saturated heterocycles. The van der Waals surface area contributed by atoms with Crippen molar-refractivity contribution in [3.05, 3.63) is 71.8 Å². The predicted molar refractivity (Wildman–Crippen MR) is 147 cm³/mol. The van der Waals surface area contributed by atoms with E-state index in [1.54, 1.807) is 60.7 Å². The summed E-state index contributed by atoms with van der Waals surface area (Å²) < 4.78 is 0. The lowest BCUT2D eigenvalue weighted by Crippen LogP contribution is -2.58. The molecule has 7 N–H and O–H groups in total. The molecule has 0 spiro atoms. The number of hydrogen-bond acceptors (Lipinski definition) is 7. The number of hydrogen-bond donors (Lipinski definition) is 6. The van der Waals surface area contributed by atoms with Gasteiger partial charge in [0.2, 0.25) is 17.7 Å². The number of benzene rings is 2. The Balaban J connectivity index is 2.20. The van der Waals surface area contributed by atoms with E-state index >= 15 is 0 Å². The second-order valence-corrected chi connectivity index (χ2v) is 9.87. The van der Waals surface area contributed by atoms with Crippen molar-refractivity contribution in [1.82, 2.24) is 16.0 Å². The number of thioether (sulfide) groups is 1. The molecule has 0 aliphatic heterocycles. The van der Waals surface area contributed by atoms with Gasteiger partial charge in [0.1, 0.15) is 18.1 Å². The minimum absolute atomic E-state index is 0.0548. The molecular formula is C27H34N4O7S. The molecule has 0 radical (unpaired) electrons. The van der Waals surface area contributed by atoms with Crippen LogP contribution in [0.1, 0.15) is 24.0 Å². The third kappa shape index (κ3) is 11.2. The Hall–Kier alpha value is -3.90. The highest BCUT2D eigenvalue weighted by molar-refractivity contribution is 7.98. The van der Waals surface area contributed by atoms with Crippen molar-refractivity contribution in [3.8, 4) is 0 Å². The first-order chi connectivity index (χ1) is 18.6. The van der Waals surface area contributed by atoms with Crippen LogP contribution in [0, 0.1) is 0 Å². The fourth-order valence-corrected chi connectivity index (χ4v) is 4.19. The average molecular weight is 559 g/mol. The number of nitrogens with two attached hydrogens (primary N) is 1. The fraction of sp³-hybridized carbons (Fsp3) is 0.370. The Kier molecular flexibility index (Phi) is 13.0. The molecule has 210 valence electrons. The van der Waals surface area contributed by atoms with Crippen LogP contribution in [0.4, 0.5) is 0 Å². The minimum Gasteiger partial charge on any atom is -0.481 e. The summed E-state index contributed by atoms with van der Waals surface area (Å²) in [6.07, 6.45) is 1.53. The Morgan fingerprint density at radius 1 is 0.744 bits per heavy atom. The number of nitrogens with one attached hydrogen (secondary N) is 3. The lowest BCUT2D eigenvalue weighted by molar-refractivity contribution is -0.142. The van der Waals surface area contributed by atoms with Crippen molar-refractivity contribution in [3.63, 3.8) is 0 Å². The van der Waals surface area contributed by atoms with Gasteiger partial charge in [0.15, 0.2) is 0 Å². The predicted octanol–water partition coefficient (Wildman–Crippen LogP) is 0.566. The molecule has 2 aromatic carbocycles. The highest BCUT2D eigenvalue weighted by atomic mass is 32.2. The van der Waals surface area contributed by atoms with Crippen molar-refractivity contribution in [2.45, 2.75) is 49.9 Å². The smallest absolute Gasteiger partial charge is 0.326 e. The maximum Gasteiger partial charge on any atom is 0.326 e. The van der Waals surface area contributed by atoms with Gasteiger partial charge < -0.3 is 31.9 Å². The van der Waals surface area contributed by atoms with E-state index in [1.165, 1.54) is 11.8 Å². The van der Waals surface area contributed by atoms with Crippen LogP contribution < -0.4 is 21.7 Å². The molecule has 0 saturated carbocycles. The van der Waals surface area contributed by atoms with E-state index in [-0.39, 0.29) is 19.3 Å². The van der Waals surface area contributed by atoms with E-state index in [9.17, 15) is 29.1 Å². The maximum atomic E-state index is 13.3. The number of carboxylic acid groups (broad SMARTS) is 2. The number of carbonyl (C=O) groups is 5. The molecule has 0 bridgehead atoms. The third-order valence-electron chi connectivity index (χ3n) is 5.79. The summed E-state index contributed by atoms with van der Waals surface area (Å²) >= 11 is 1.44. The topological polar surface area (TPSA) is 188 Å². The van der Waals surface area contributed by atoms with Gasteiger partial charge in [-0.05, 0) is 29.6 Å². The molecule has 2 rings (SSSR count). The Morgan fingerprint density at radius 2 is 1.21 bits per heavy atom. The van der Waals surface area contributed by atoms with E-state index < -0.39 is 60.2 Å². The average Bonchev–Trinajstić information content (AvgIpc) is 2.90. The van der Waals surface area contributed by atoms with Gasteiger partial charge in [-0.1, -0.05) is 60.7 Å². The van der Waals surface area contributed by atoms with Crippen molar-refractivity contribution < 1.29 is 34.2 Å². The SMILES string of the molecule is CSCCC(NC(=O)C(Cc1ccccc1)NC(=O)C(N)CC(=O)O)C(=O)NC(Cc1ccccc1)C(=O)O. The van der Waals surface area contributed by atoms with Crippen molar-refractivity contribution in [2.75, 3.05) is 12.0 Å². The van der Waals surface area contributed by atoms with Crippen LogP contribution in [-0.2, 0) is 36.8 Å². The lowest BCUT2D eigenvalue weighted by Gasteiger charge is -2.25. The van der Waals surface area contributed by atoms with Gasteiger partial charge in [-0.3, -0.25) is 19.2 Å². The van der Waals surface area contributed by atoms with E-state index in [2.05, 4.69) is 16.0 Å². The van der Waals surface area contributed by atoms with Crippen molar-refractivity contribution in [1.29, 1.82) is 0 Å². The van der Waals surface area contributed by atoms with Gasteiger partial charge in [-0.25, -0.2) is 4.79 Å². The van der Waals surface area contributed by atoms with Crippen LogP contribution in [-0.4, -0.2) is 76.0 Å². The summed E-state index contributed by atoms with van der Waals surface area (Å²) in [4.78, 5) is 61.9. The fourth-order valence-electron chi connectivity index (χ4n) is 3.72. The number of rotatable bonds is 16. The standard InChI is InChI=1S/C27H34N4O7S/c1-39-13-12-20(25(35)31-22(27(37)38)15-18-10-6-3-7-11-18)29-26(36)21(14-17-8-4-2-5-9-17)30-24(34)19(28)16-23(32)33/h2-11,19-22H,12-16,28H2,1H3,(H,29,36)(H,30,34)(H,31,35)(H,32,33)(H,37,38). The first-order valence-corrected chi connectivity index (χ1v) is 13.7. The van der Waals surface area contributed by atoms with Gasteiger partial charge in [0, 0.05) is 12.8 Å². The lowest BCUT2D eigenvalue weighted by atomic mass is 10.0. The first kappa shape index (κ1) is 31.3. The van der Waals surface area contributed by atoms with Crippen LogP contribution >= 0.6 is 11.8 Å². The zero-order valence-corrected chi connectivity index (χ0v) is 22.4. The summed E-state index contributed by atoms with van der Waals surface area (Å²) in [5.74, 6) is -4.18. The van der Waals surface area contributed by atoms with Crippen LogP contribution in [0.25, 0.3) is 0 Å². The quantitative estimate of drug-likeness (QED) is 0.171. The van der Waals surface area contributed by atoms with E-state index in [4.69, 9.17) is 10.8 Å². The van der Waals surface area contributed by atoms with Gasteiger partial charge in [-0.2, -0.15) is 11.8 Å². The summed E-state index contributed by atoms with van der Waals surface area (Å²) in [6, 6.07) is 12.8. The first-order valence-electron chi connectivity index (χ1n) is 12.3. The molecule has 0 aromatic heterocycles. The van der Waals surface area contributed by atoms with E-state index in [0.29, 0.717) is 11.3 Å². The summed E-state index contributed by atoms with van der Waals surface area (Å²) in [5.41, 5.74) is 7.11. The molecule has 0 aliphatic rings. The Labute approximate surface area is 230 Å². The van der Waals surface area contributed by atoms with Gasteiger partial charge >= 0.3 is 11.9 Å². The molecule has 11 nitrogen and oxygen atoms in total. The highest BCUT2D eigenvalue weighted by Gasteiger charge is 2.30. The normalized spacial score (nSPS) is 13.8. The van der Waals surface area contributed by atoms with Crippen molar-refractivity contribution in [2.24, 2.45) is 5.73 Å². The summed E-state index contributed by atoms with van der Waals surface area (Å²) in [7, 11) is 0. The van der Waals surface area contributed by atoms with Crippen LogP contribution in [0.3, 0.4) is 0 Å². The van der Waals surface area contributed by atoms with Gasteiger partial charge in [0.25, 0.3) is 0 Å². The second kappa shape index (κ2) is 16.1. The third-order valence-corrected chi connectivity index (χ3v) is 6.43.